The Hall–Kier alpha value is -1.79. The van der Waals surface area contributed by atoms with Gasteiger partial charge >= 0.3 is 0 Å². The Morgan fingerprint density at radius 2 is 2.14 bits per heavy atom. The van der Waals surface area contributed by atoms with E-state index in [0.717, 1.165) is 21.9 Å². The number of aliphatic hydroxyl groups is 1. The number of aliphatic hydroxyl groups excluding tert-OH is 1. The van der Waals surface area contributed by atoms with E-state index in [1.165, 1.54) is 0 Å². The Bertz CT molecular complexity index is 673. The number of nitrogens with zero attached hydrogens (tertiary/aromatic N) is 2. The summed E-state index contributed by atoms with van der Waals surface area (Å²) in [6.07, 6.45) is -0.383. The number of hydrogen-bond acceptors (Lipinski definition) is 5. The summed E-state index contributed by atoms with van der Waals surface area (Å²) in [7, 11) is 0. The minimum absolute atomic E-state index is 0.0211. The summed E-state index contributed by atoms with van der Waals surface area (Å²) in [5, 5.41) is 13.3. The number of hydrogen-bond donors (Lipinski definition) is 1. The van der Waals surface area contributed by atoms with Crippen LogP contribution >= 0.6 is 11.8 Å². The Kier molecular flexibility index (Phi) is 4.22. The van der Waals surface area contributed by atoms with Crippen LogP contribution in [0.3, 0.4) is 0 Å². The first-order chi connectivity index (χ1) is 10.6. The zero-order valence-electron chi connectivity index (χ0n) is 12.6. The van der Waals surface area contributed by atoms with E-state index in [-0.39, 0.29) is 12.0 Å². The number of likely N-dealkylation sites (tertiary alicyclic amines) is 1. The van der Waals surface area contributed by atoms with Gasteiger partial charge in [0.15, 0.2) is 0 Å². The second kappa shape index (κ2) is 6.14. The maximum Gasteiger partial charge on any atom is 0.255 e. The number of amides is 1. The normalized spacial score (nSPS) is 15.0. The quantitative estimate of drug-likeness (QED) is 0.877. The van der Waals surface area contributed by atoms with Crippen molar-refractivity contribution in [2.24, 2.45) is 0 Å². The van der Waals surface area contributed by atoms with Crippen LogP contribution in [-0.4, -0.2) is 40.3 Å². The molecule has 1 fully saturated rings. The lowest BCUT2D eigenvalue weighted by molar-refractivity contribution is 0.00566. The largest absolute Gasteiger partial charge is 0.389 e. The molecule has 0 atom stereocenters. The van der Waals surface area contributed by atoms with Crippen molar-refractivity contribution < 1.29 is 14.4 Å². The van der Waals surface area contributed by atoms with Crippen molar-refractivity contribution >= 4 is 17.7 Å². The van der Waals surface area contributed by atoms with Gasteiger partial charge in [-0.2, -0.15) is 0 Å². The molecule has 1 aromatic heterocycles. The molecule has 0 bridgehead atoms. The van der Waals surface area contributed by atoms with Crippen molar-refractivity contribution in [3.63, 3.8) is 0 Å². The SMILES string of the molecule is Cc1noc(C)c1CSc1ccccc1C(=O)N1CC(O)C1. The van der Waals surface area contributed by atoms with Gasteiger partial charge < -0.3 is 14.5 Å². The van der Waals surface area contributed by atoms with Gasteiger partial charge in [-0.05, 0) is 26.0 Å². The molecule has 1 saturated heterocycles. The van der Waals surface area contributed by atoms with Crippen LogP contribution in [0.1, 0.15) is 27.4 Å². The fraction of sp³-hybridized carbons (Fsp3) is 0.375. The molecule has 3 rings (SSSR count). The average molecular weight is 318 g/mol. The van der Waals surface area contributed by atoms with Crippen molar-refractivity contribution in [2.45, 2.75) is 30.6 Å². The Morgan fingerprint density at radius 3 is 2.77 bits per heavy atom. The van der Waals surface area contributed by atoms with Crippen LogP contribution in [0, 0.1) is 13.8 Å². The molecule has 0 unspecified atom stereocenters. The molecule has 5 nitrogen and oxygen atoms in total. The number of carbonyl (C=O) groups excluding carboxylic acids is 1. The van der Waals surface area contributed by atoms with Gasteiger partial charge in [-0.3, -0.25) is 4.79 Å². The highest BCUT2D eigenvalue weighted by molar-refractivity contribution is 7.98. The maximum absolute atomic E-state index is 12.5. The molecule has 1 aliphatic heterocycles. The van der Waals surface area contributed by atoms with Gasteiger partial charge in [0.1, 0.15) is 5.76 Å². The number of aryl methyl sites for hydroxylation is 2. The highest BCUT2D eigenvalue weighted by atomic mass is 32.2. The van der Waals surface area contributed by atoms with Gasteiger partial charge in [0.05, 0.1) is 17.4 Å². The first kappa shape index (κ1) is 15.1. The van der Waals surface area contributed by atoms with E-state index in [0.29, 0.717) is 24.4 Å². The highest BCUT2D eigenvalue weighted by Gasteiger charge is 2.30. The minimum atomic E-state index is -0.383. The smallest absolute Gasteiger partial charge is 0.255 e. The number of thioether (sulfide) groups is 1. The standard InChI is InChI=1S/C16H18N2O3S/c1-10-14(11(2)21-17-10)9-22-15-6-4-3-5-13(15)16(20)18-7-12(19)8-18/h3-6,12,19H,7-9H2,1-2H3. The van der Waals surface area contributed by atoms with Crippen LogP contribution in [-0.2, 0) is 5.75 Å². The van der Waals surface area contributed by atoms with Crippen molar-refractivity contribution in [3.05, 3.63) is 46.8 Å². The number of rotatable bonds is 4. The monoisotopic (exact) mass is 318 g/mol. The van der Waals surface area contributed by atoms with Gasteiger partial charge in [0, 0.05) is 29.3 Å². The molecule has 0 radical (unpaired) electrons. The van der Waals surface area contributed by atoms with Gasteiger partial charge in [0.2, 0.25) is 0 Å². The van der Waals surface area contributed by atoms with E-state index in [9.17, 15) is 9.90 Å². The molecule has 116 valence electrons. The van der Waals surface area contributed by atoms with E-state index in [1.807, 2.05) is 38.1 Å². The Labute approximate surface area is 133 Å². The molecule has 1 N–H and O–H groups in total. The molecule has 0 saturated carbocycles. The average Bonchev–Trinajstić information content (AvgIpc) is 2.80. The lowest BCUT2D eigenvalue weighted by Gasteiger charge is -2.36. The maximum atomic E-state index is 12.5. The van der Waals surface area contributed by atoms with E-state index < -0.39 is 0 Å². The van der Waals surface area contributed by atoms with Gasteiger partial charge in [-0.15, -0.1) is 11.8 Å². The fourth-order valence-electron chi connectivity index (χ4n) is 2.42. The third-order valence-electron chi connectivity index (χ3n) is 3.82. The van der Waals surface area contributed by atoms with E-state index in [2.05, 4.69) is 5.16 Å². The highest BCUT2D eigenvalue weighted by Crippen LogP contribution is 2.30. The summed E-state index contributed by atoms with van der Waals surface area (Å²) >= 11 is 1.60. The van der Waals surface area contributed by atoms with E-state index >= 15 is 0 Å². The molecular formula is C16H18N2O3S. The van der Waals surface area contributed by atoms with Gasteiger partial charge in [-0.1, -0.05) is 17.3 Å². The van der Waals surface area contributed by atoms with Crippen LogP contribution in [0.5, 0.6) is 0 Å². The van der Waals surface area contributed by atoms with Gasteiger partial charge in [-0.25, -0.2) is 0 Å². The summed E-state index contributed by atoms with van der Waals surface area (Å²) in [4.78, 5) is 15.1. The number of benzene rings is 1. The van der Waals surface area contributed by atoms with Crippen molar-refractivity contribution in [2.75, 3.05) is 13.1 Å². The Morgan fingerprint density at radius 1 is 1.41 bits per heavy atom. The van der Waals surface area contributed by atoms with Crippen molar-refractivity contribution in [1.29, 1.82) is 0 Å². The number of aromatic nitrogens is 1. The predicted octanol–water partition coefficient (Wildman–Crippen LogP) is 2.40. The lowest BCUT2D eigenvalue weighted by Crippen LogP contribution is -2.53. The fourth-order valence-corrected chi connectivity index (χ4v) is 3.62. The summed E-state index contributed by atoms with van der Waals surface area (Å²) in [6.45, 7) is 4.66. The molecule has 2 aromatic rings. The molecular weight excluding hydrogens is 300 g/mol. The van der Waals surface area contributed by atoms with Crippen LogP contribution < -0.4 is 0 Å². The molecule has 2 heterocycles. The number of carbonyl (C=O) groups is 1. The minimum Gasteiger partial charge on any atom is -0.389 e. The molecule has 0 spiro atoms. The number of β-amino-alcohol motifs (C(OH)–C–C–N with tert-alkyl or cyclic N) is 1. The molecule has 1 aromatic carbocycles. The molecule has 1 amide bonds. The lowest BCUT2D eigenvalue weighted by atomic mass is 10.1. The van der Waals surface area contributed by atoms with Crippen LogP contribution in [0.15, 0.2) is 33.7 Å². The molecule has 1 aliphatic rings. The van der Waals surface area contributed by atoms with Crippen molar-refractivity contribution in [1.82, 2.24) is 10.1 Å². The summed E-state index contributed by atoms with van der Waals surface area (Å²) in [6, 6.07) is 7.58. The zero-order chi connectivity index (χ0) is 15.7. The van der Waals surface area contributed by atoms with Crippen LogP contribution in [0.4, 0.5) is 0 Å². The molecule has 22 heavy (non-hydrogen) atoms. The van der Waals surface area contributed by atoms with Crippen LogP contribution in [0.2, 0.25) is 0 Å². The van der Waals surface area contributed by atoms with E-state index in [4.69, 9.17) is 4.52 Å². The Balaban J connectivity index is 1.75. The summed E-state index contributed by atoms with van der Waals surface area (Å²) < 4.78 is 5.17. The van der Waals surface area contributed by atoms with Crippen LogP contribution in [0.25, 0.3) is 0 Å². The predicted molar refractivity (Wildman–Crippen MR) is 83.9 cm³/mol. The third kappa shape index (κ3) is 2.89. The summed E-state index contributed by atoms with van der Waals surface area (Å²) in [5.74, 6) is 1.51. The third-order valence-corrected chi connectivity index (χ3v) is 4.92. The zero-order valence-corrected chi connectivity index (χ0v) is 13.4. The van der Waals surface area contributed by atoms with Crippen molar-refractivity contribution in [3.8, 4) is 0 Å². The molecule has 0 aliphatic carbocycles. The first-order valence-corrected chi connectivity index (χ1v) is 8.15. The first-order valence-electron chi connectivity index (χ1n) is 7.17. The second-order valence-electron chi connectivity index (χ2n) is 5.45. The topological polar surface area (TPSA) is 66.6 Å². The second-order valence-corrected chi connectivity index (χ2v) is 6.47. The van der Waals surface area contributed by atoms with Gasteiger partial charge in [0.25, 0.3) is 5.91 Å². The summed E-state index contributed by atoms with van der Waals surface area (Å²) in [5.41, 5.74) is 2.65. The molecule has 6 heteroatoms. The van der Waals surface area contributed by atoms with E-state index in [1.54, 1.807) is 16.7 Å².